The van der Waals surface area contributed by atoms with Crippen LogP contribution in [-0.4, -0.2) is 47.0 Å². The van der Waals surface area contributed by atoms with Crippen LogP contribution in [0.4, 0.5) is 8.78 Å². The lowest BCUT2D eigenvalue weighted by molar-refractivity contribution is -0.132. The number of carbonyl (C=O) groups excluding carboxylic acids is 1. The number of aryl methyl sites for hydroxylation is 2. The van der Waals surface area contributed by atoms with Crippen LogP contribution < -0.4 is 5.32 Å². The number of halogens is 3. The molecule has 3 aromatic heterocycles. The Morgan fingerprint density at radius 1 is 1.00 bits per heavy atom. The van der Waals surface area contributed by atoms with Crippen LogP contribution in [0.2, 0.25) is 0 Å². The molecule has 2 saturated carbocycles. The zero-order valence-electron chi connectivity index (χ0n) is 26.9. The van der Waals surface area contributed by atoms with Crippen molar-refractivity contribution in [2.75, 3.05) is 0 Å². The van der Waals surface area contributed by atoms with E-state index in [0.717, 1.165) is 68.3 Å². The van der Waals surface area contributed by atoms with E-state index in [1.54, 1.807) is 31.5 Å². The highest BCUT2D eigenvalue weighted by molar-refractivity contribution is 9.10. The highest BCUT2D eigenvalue weighted by atomic mass is 79.9. The number of alkyl halides is 2. The summed E-state index contributed by atoms with van der Waals surface area (Å²) in [6, 6.07) is 11.2. The van der Waals surface area contributed by atoms with Crippen molar-refractivity contribution in [3.05, 3.63) is 81.4 Å². The van der Waals surface area contributed by atoms with Crippen LogP contribution in [0.1, 0.15) is 85.1 Å². The number of fused-ring (bicyclic) bond motifs is 2. The second kappa shape index (κ2) is 11.9. The van der Waals surface area contributed by atoms with E-state index in [1.807, 2.05) is 53.6 Å². The molecule has 248 valence electrons. The average Bonchev–Trinajstić information content (AvgIpc) is 3.52. The first-order valence-electron chi connectivity index (χ1n) is 16.0. The Hall–Kier alpha value is -4.45. The van der Waals surface area contributed by atoms with E-state index in [2.05, 4.69) is 31.2 Å². The number of aliphatic carboxylic acids is 1. The third kappa shape index (κ3) is 5.59. The van der Waals surface area contributed by atoms with Crippen molar-refractivity contribution in [1.82, 2.24) is 29.4 Å². The molecule has 1 amide bonds. The molecule has 0 spiro atoms. The zero-order valence-corrected chi connectivity index (χ0v) is 28.4. The van der Waals surface area contributed by atoms with Gasteiger partial charge in [0.25, 0.3) is 5.91 Å². The summed E-state index contributed by atoms with van der Waals surface area (Å²) >= 11 is 3.40. The molecule has 2 fully saturated rings. The molecule has 0 radical (unpaired) electrons. The number of hydrogen-bond donors (Lipinski definition) is 2. The summed E-state index contributed by atoms with van der Waals surface area (Å²) in [5.41, 5.74) is 4.95. The van der Waals surface area contributed by atoms with Crippen LogP contribution in [0.5, 0.6) is 0 Å². The lowest BCUT2D eigenvalue weighted by Gasteiger charge is -2.41. The molecule has 9 nitrogen and oxygen atoms in total. The number of nitrogens with one attached hydrogen (secondary N) is 1. The van der Waals surface area contributed by atoms with Crippen LogP contribution in [-0.2, 0) is 24.4 Å². The number of carbonyl (C=O) groups is 2. The van der Waals surface area contributed by atoms with Gasteiger partial charge in [-0.25, -0.2) is 28.5 Å². The van der Waals surface area contributed by atoms with Crippen LogP contribution in [0, 0.1) is 0 Å². The van der Waals surface area contributed by atoms with Gasteiger partial charge in [-0.15, -0.1) is 0 Å². The molecule has 2 aliphatic carbocycles. The fourth-order valence-corrected chi connectivity index (χ4v) is 7.52. The van der Waals surface area contributed by atoms with Crippen molar-refractivity contribution in [2.24, 2.45) is 14.1 Å². The summed E-state index contributed by atoms with van der Waals surface area (Å²) in [6.07, 6.45) is 7.74. The Balaban J connectivity index is 1.24. The molecule has 5 aromatic rings. The van der Waals surface area contributed by atoms with Gasteiger partial charge in [-0.1, -0.05) is 12.1 Å². The molecule has 12 heteroatoms. The number of rotatable bonds is 7. The van der Waals surface area contributed by atoms with Gasteiger partial charge in [0.2, 0.25) is 5.92 Å². The summed E-state index contributed by atoms with van der Waals surface area (Å²) in [5.74, 6) is -2.70. The molecule has 0 saturated heterocycles. The monoisotopic (exact) mass is 716 g/mol. The summed E-state index contributed by atoms with van der Waals surface area (Å²) in [6.45, 7) is 1.56. The molecule has 0 aliphatic heterocycles. The van der Waals surface area contributed by atoms with Crippen molar-refractivity contribution in [3.8, 4) is 11.5 Å². The first-order valence-corrected chi connectivity index (χ1v) is 16.8. The number of imidazole rings is 1. The van der Waals surface area contributed by atoms with Crippen molar-refractivity contribution in [1.29, 1.82) is 0 Å². The Kier molecular flexibility index (Phi) is 7.97. The highest BCUT2D eigenvalue weighted by Crippen LogP contribution is 2.47. The molecule has 7 rings (SSSR count). The predicted octanol–water partition coefficient (Wildman–Crippen LogP) is 7.87. The maximum absolute atomic E-state index is 14.2. The van der Waals surface area contributed by atoms with Crippen LogP contribution in [0.3, 0.4) is 0 Å². The Labute approximate surface area is 284 Å². The lowest BCUT2D eigenvalue weighted by atomic mass is 9.75. The summed E-state index contributed by atoms with van der Waals surface area (Å²) in [5, 5.41) is 13.5. The number of amides is 1. The molecule has 2 aromatic carbocycles. The second-order valence-electron chi connectivity index (χ2n) is 13.2. The van der Waals surface area contributed by atoms with E-state index in [4.69, 9.17) is 4.98 Å². The van der Waals surface area contributed by atoms with E-state index >= 15 is 0 Å². The highest BCUT2D eigenvalue weighted by Gasteiger charge is 2.44. The van der Waals surface area contributed by atoms with Crippen molar-refractivity contribution in [3.63, 3.8) is 0 Å². The van der Waals surface area contributed by atoms with Gasteiger partial charge in [0.15, 0.2) is 5.82 Å². The average molecular weight is 718 g/mol. The maximum atomic E-state index is 14.2. The van der Waals surface area contributed by atoms with Gasteiger partial charge in [-0.2, -0.15) is 0 Å². The van der Waals surface area contributed by atoms with Crippen LogP contribution in [0.25, 0.3) is 39.5 Å². The van der Waals surface area contributed by atoms with E-state index < -0.39 is 17.4 Å². The van der Waals surface area contributed by atoms with Crippen molar-refractivity contribution in [2.45, 2.75) is 69.2 Å². The quantitative estimate of drug-likeness (QED) is 0.166. The SMILES string of the molecule is CC(=Cc1ccc2nc(C3(NC(=O)c4ccc5c(C6CCC(F)(F)CC6)c(-c6ncc(Br)cn6)n(C)c5c4)CCC3)n(C)c2c1)C(=O)O. The van der Waals surface area contributed by atoms with Crippen LogP contribution in [0.15, 0.2) is 58.8 Å². The van der Waals surface area contributed by atoms with E-state index in [0.29, 0.717) is 24.2 Å². The smallest absolute Gasteiger partial charge is 0.331 e. The summed E-state index contributed by atoms with van der Waals surface area (Å²) < 4.78 is 33.1. The number of aromatic nitrogens is 5. The maximum Gasteiger partial charge on any atom is 0.331 e. The van der Waals surface area contributed by atoms with Gasteiger partial charge in [0, 0.05) is 61.4 Å². The third-order valence-electron chi connectivity index (χ3n) is 10.1. The predicted molar refractivity (Wildman–Crippen MR) is 183 cm³/mol. The molecule has 48 heavy (non-hydrogen) atoms. The van der Waals surface area contributed by atoms with Gasteiger partial charge < -0.3 is 19.6 Å². The largest absolute Gasteiger partial charge is 0.478 e. The first kappa shape index (κ1) is 32.1. The number of hydrogen-bond acceptors (Lipinski definition) is 5. The van der Waals surface area contributed by atoms with E-state index in [1.165, 1.54) is 0 Å². The molecule has 0 unspecified atom stereocenters. The Morgan fingerprint density at radius 3 is 2.35 bits per heavy atom. The van der Waals surface area contributed by atoms with Crippen molar-refractivity contribution < 1.29 is 23.5 Å². The Morgan fingerprint density at radius 2 is 1.71 bits per heavy atom. The van der Waals surface area contributed by atoms with Gasteiger partial charge >= 0.3 is 5.97 Å². The molecular weight excluding hydrogens is 682 g/mol. The minimum Gasteiger partial charge on any atom is -0.478 e. The third-order valence-corrected chi connectivity index (χ3v) is 10.5. The second-order valence-corrected chi connectivity index (χ2v) is 14.1. The molecule has 0 bridgehead atoms. The minimum atomic E-state index is -2.66. The summed E-state index contributed by atoms with van der Waals surface area (Å²) in [7, 11) is 3.82. The van der Waals surface area contributed by atoms with E-state index in [-0.39, 0.29) is 30.2 Å². The van der Waals surface area contributed by atoms with E-state index in [9.17, 15) is 23.5 Å². The fraction of sp³-hybridized carbons (Fsp3) is 0.361. The van der Waals surface area contributed by atoms with Crippen molar-refractivity contribution >= 4 is 55.8 Å². The number of carboxylic acids is 1. The number of carboxylic acid groups (broad SMARTS) is 1. The van der Waals surface area contributed by atoms with Gasteiger partial charge in [0.1, 0.15) is 5.82 Å². The Bertz CT molecular complexity index is 2120. The summed E-state index contributed by atoms with van der Waals surface area (Å²) in [4.78, 5) is 39.4. The van der Waals surface area contributed by atoms with Gasteiger partial charge in [-0.05, 0) is 102 Å². The molecule has 3 heterocycles. The minimum absolute atomic E-state index is 0.0879. The lowest BCUT2D eigenvalue weighted by Crippen LogP contribution is -2.52. The van der Waals surface area contributed by atoms with Crippen LogP contribution >= 0.6 is 15.9 Å². The van der Waals surface area contributed by atoms with Gasteiger partial charge in [0.05, 0.1) is 26.7 Å². The fourth-order valence-electron chi connectivity index (χ4n) is 7.31. The van der Waals surface area contributed by atoms with Gasteiger partial charge in [-0.3, -0.25) is 4.79 Å². The normalized spacial score (nSPS) is 17.8. The topological polar surface area (TPSA) is 115 Å². The number of nitrogens with zero attached hydrogens (tertiary/aromatic N) is 5. The molecule has 2 aliphatic rings. The standard InChI is InChI=1S/C36H35BrF2N6O3/c1-20(33(47)48)15-21-5-8-26-28(16-21)45(3)34(42-26)35(11-4-12-35)43-32(46)23-6-7-25-27(17-23)44(2)30(31-40-18-24(37)19-41-31)29(25)22-9-13-36(38,39)14-10-22/h5-8,15-19,22H,4,9-14H2,1-3H3,(H,43,46)(H,47,48). The molecular formula is C36H35BrF2N6O3. The zero-order chi connectivity index (χ0) is 34.0. The number of benzene rings is 2. The molecule has 2 N–H and O–H groups in total. The first-order chi connectivity index (χ1) is 22.9. The molecule has 0 atom stereocenters.